The molecule has 2 aliphatic heterocycles. The lowest BCUT2D eigenvalue weighted by Crippen LogP contribution is -2.58. The number of H-pyrrole nitrogens is 1. The van der Waals surface area contributed by atoms with Crippen LogP contribution in [-0.2, 0) is 0 Å². The van der Waals surface area contributed by atoms with Gasteiger partial charge in [-0.25, -0.2) is 9.18 Å². The number of carbonyl (C=O) groups is 1. The number of carboxylic acid groups (broad SMARTS) is 1. The molecule has 2 aliphatic rings. The molecule has 0 radical (unpaired) electrons. The summed E-state index contributed by atoms with van der Waals surface area (Å²) in [6, 6.07) is 6.04. The van der Waals surface area contributed by atoms with Crippen LogP contribution in [0, 0.1) is 0 Å². The molecular formula is C20H20FN5O3S. The number of hydrogen-bond acceptors (Lipinski definition) is 6. The summed E-state index contributed by atoms with van der Waals surface area (Å²) in [5, 5.41) is 18.6. The molecule has 2 bridgehead atoms. The Morgan fingerprint density at radius 2 is 2.17 bits per heavy atom. The molecule has 0 aromatic carbocycles. The first-order chi connectivity index (χ1) is 14.4. The van der Waals surface area contributed by atoms with E-state index in [1.54, 1.807) is 30.3 Å². The Labute approximate surface area is 175 Å². The Morgan fingerprint density at radius 1 is 1.33 bits per heavy atom. The number of nitrogens with one attached hydrogen (secondary N) is 1. The zero-order valence-corrected chi connectivity index (χ0v) is 17.0. The average Bonchev–Trinajstić information content (AvgIpc) is 3.33. The summed E-state index contributed by atoms with van der Waals surface area (Å²) in [4.78, 5) is 29.9. The monoisotopic (exact) mass is 429 g/mol. The quantitative estimate of drug-likeness (QED) is 0.663. The van der Waals surface area contributed by atoms with Gasteiger partial charge in [-0.05, 0) is 43.5 Å². The van der Waals surface area contributed by atoms with E-state index in [-0.39, 0.29) is 11.6 Å². The number of hydrogen-bond donors (Lipinski definition) is 2. The number of aromatic nitrogens is 3. The maximum absolute atomic E-state index is 15.2. The summed E-state index contributed by atoms with van der Waals surface area (Å²) in [5.74, 6) is 0.536. The maximum atomic E-state index is 15.2. The molecule has 30 heavy (non-hydrogen) atoms. The number of rotatable bonds is 3. The SMILES string of the molecule is CN(c1ccc(-c2cc3c(=O)[nH]ccc3s2)nn1)[C@H]1C[C@@H]2CC[C@H]([C@H]1F)N2C(=O)O. The molecule has 1 amide bonds. The van der Waals surface area contributed by atoms with E-state index >= 15 is 4.39 Å². The second-order valence-electron chi connectivity index (χ2n) is 7.82. The molecule has 8 nitrogen and oxygen atoms in total. The molecule has 2 fully saturated rings. The predicted molar refractivity (Wildman–Crippen MR) is 112 cm³/mol. The highest BCUT2D eigenvalue weighted by Crippen LogP contribution is 2.40. The summed E-state index contributed by atoms with van der Waals surface area (Å²) >= 11 is 1.46. The first kappa shape index (κ1) is 19.0. The smallest absolute Gasteiger partial charge is 0.407 e. The minimum Gasteiger partial charge on any atom is -0.465 e. The normalized spacial score (nSPS) is 25.6. The van der Waals surface area contributed by atoms with Crippen LogP contribution in [0.4, 0.5) is 15.0 Å². The van der Waals surface area contributed by atoms with E-state index in [2.05, 4.69) is 15.2 Å². The Bertz CT molecular complexity index is 1160. The molecule has 0 unspecified atom stereocenters. The van der Waals surface area contributed by atoms with Crippen LogP contribution in [0.25, 0.3) is 20.7 Å². The number of fused-ring (bicyclic) bond motifs is 3. The van der Waals surface area contributed by atoms with Crippen LogP contribution in [0.15, 0.2) is 35.3 Å². The van der Waals surface area contributed by atoms with E-state index < -0.39 is 24.3 Å². The molecule has 2 N–H and O–H groups in total. The number of halogens is 1. The molecule has 2 saturated heterocycles. The number of piperidine rings is 1. The van der Waals surface area contributed by atoms with Gasteiger partial charge in [-0.15, -0.1) is 21.5 Å². The fourth-order valence-electron chi connectivity index (χ4n) is 4.71. The van der Waals surface area contributed by atoms with Crippen molar-refractivity contribution in [3.63, 3.8) is 0 Å². The molecule has 0 spiro atoms. The van der Waals surface area contributed by atoms with Crippen LogP contribution in [0.1, 0.15) is 19.3 Å². The van der Waals surface area contributed by atoms with Crippen molar-refractivity contribution < 1.29 is 14.3 Å². The molecule has 4 atom stereocenters. The topological polar surface area (TPSA) is 102 Å². The number of amides is 1. The van der Waals surface area contributed by atoms with Gasteiger partial charge in [-0.2, -0.15) is 0 Å². The van der Waals surface area contributed by atoms with Crippen molar-refractivity contribution in [2.75, 3.05) is 11.9 Å². The lowest BCUT2D eigenvalue weighted by atomic mass is 9.94. The molecule has 10 heteroatoms. The minimum atomic E-state index is -1.28. The first-order valence-corrected chi connectivity index (χ1v) is 10.6. The van der Waals surface area contributed by atoms with Crippen molar-refractivity contribution in [1.29, 1.82) is 0 Å². The minimum absolute atomic E-state index is 0.143. The molecule has 0 saturated carbocycles. The molecule has 5 rings (SSSR count). The van der Waals surface area contributed by atoms with Gasteiger partial charge < -0.3 is 15.0 Å². The van der Waals surface area contributed by atoms with Crippen LogP contribution >= 0.6 is 11.3 Å². The van der Waals surface area contributed by atoms with Crippen molar-refractivity contribution in [1.82, 2.24) is 20.1 Å². The van der Waals surface area contributed by atoms with Gasteiger partial charge in [0.2, 0.25) is 0 Å². The van der Waals surface area contributed by atoms with Gasteiger partial charge >= 0.3 is 6.09 Å². The number of alkyl halides is 1. The van der Waals surface area contributed by atoms with E-state index in [4.69, 9.17) is 0 Å². The van der Waals surface area contributed by atoms with Crippen molar-refractivity contribution in [2.45, 2.75) is 43.6 Å². The number of thiophene rings is 1. The third-order valence-corrected chi connectivity index (χ3v) is 7.36. The lowest BCUT2D eigenvalue weighted by molar-refractivity contribution is 0.0490. The summed E-state index contributed by atoms with van der Waals surface area (Å²) in [6.07, 6.45) is 0.974. The summed E-state index contributed by atoms with van der Waals surface area (Å²) in [5.41, 5.74) is 0.501. The average molecular weight is 429 g/mol. The lowest BCUT2D eigenvalue weighted by Gasteiger charge is -2.43. The Kier molecular flexibility index (Phi) is 4.46. The number of anilines is 1. The largest absolute Gasteiger partial charge is 0.465 e. The third kappa shape index (κ3) is 2.94. The Balaban J connectivity index is 1.38. The van der Waals surface area contributed by atoms with Gasteiger partial charge in [-0.3, -0.25) is 9.69 Å². The molecule has 5 heterocycles. The predicted octanol–water partition coefficient (Wildman–Crippen LogP) is 3.10. The Hall–Kier alpha value is -3.01. The van der Waals surface area contributed by atoms with Gasteiger partial charge in [0.25, 0.3) is 5.56 Å². The van der Waals surface area contributed by atoms with E-state index in [0.717, 1.165) is 9.58 Å². The third-order valence-electron chi connectivity index (χ3n) is 6.23. The molecule has 156 valence electrons. The highest BCUT2D eigenvalue weighted by molar-refractivity contribution is 7.22. The maximum Gasteiger partial charge on any atom is 0.407 e. The second kappa shape index (κ2) is 7.05. The van der Waals surface area contributed by atoms with Crippen molar-refractivity contribution in [2.24, 2.45) is 0 Å². The van der Waals surface area contributed by atoms with Gasteiger partial charge in [0.1, 0.15) is 11.9 Å². The van der Waals surface area contributed by atoms with Crippen LogP contribution < -0.4 is 10.5 Å². The van der Waals surface area contributed by atoms with Crippen LogP contribution in [0.2, 0.25) is 0 Å². The van der Waals surface area contributed by atoms with Gasteiger partial charge in [-0.1, -0.05) is 0 Å². The summed E-state index contributed by atoms with van der Waals surface area (Å²) in [6.45, 7) is 0. The van der Waals surface area contributed by atoms with Crippen molar-refractivity contribution >= 4 is 33.3 Å². The molecule has 3 aromatic heterocycles. The van der Waals surface area contributed by atoms with Crippen molar-refractivity contribution in [3.05, 3.63) is 40.8 Å². The zero-order chi connectivity index (χ0) is 21.0. The fraction of sp³-hybridized carbons (Fsp3) is 0.400. The number of pyridine rings is 1. The second-order valence-corrected chi connectivity index (χ2v) is 8.90. The zero-order valence-electron chi connectivity index (χ0n) is 16.2. The van der Waals surface area contributed by atoms with E-state index in [1.165, 1.54) is 16.2 Å². The van der Waals surface area contributed by atoms with Crippen LogP contribution in [-0.4, -0.2) is 62.6 Å². The van der Waals surface area contributed by atoms with E-state index in [9.17, 15) is 14.7 Å². The molecule has 3 aromatic rings. The number of nitrogens with zero attached hydrogens (tertiary/aromatic N) is 4. The van der Waals surface area contributed by atoms with Gasteiger partial charge in [0.05, 0.1) is 22.3 Å². The highest BCUT2D eigenvalue weighted by Gasteiger charge is 2.51. The first-order valence-electron chi connectivity index (χ1n) is 9.77. The van der Waals surface area contributed by atoms with E-state index in [0.29, 0.717) is 36.2 Å². The Morgan fingerprint density at radius 3 is 2.87 bits per heavy atom. The summed E-state index contributed by atoms with van der Waals surface area (Å²) in [7, 11) is 1.77. The van der Waals surface area contributed by atoms with Crippen molar-refractivity contribution in [3.8, 4) is 10.6 Å². The van der Waals surface area contributed by atoms with Gasteiger partial charge in [0.15, 0.2) is 5.82 Å². The molecular weight excluding hydrogens is 409 g/mol. The highest BCUT2D eigenvalue weighted by atomic mass is 32.1. The van der Waals surface area contributed by atoms with Crippen LogP contribution in [0.5, 0.6) is 0 Å². The van der Waals surface area contributed by atoms with E-state index in [1.807, 2.05) is 12.1 Å². The standard InChI is InChI=1S/C20H20FN5O3S/c1-25(14-8-10-2-4-13(18(14)21)26(10)20(28)29)17-5-3-12(23-24-17)16-9-11-15(30-16)6-7-22-19(11)27/h3,5-7,9-10,13-14,18H,2,4,8H2,1H3,(H,22,27)(H,28,29)/t10-,13+,14-,18+/m0/s1. The van der Waals surface area contributed by atoms with Gasteiger partial charge in [0, 0.05) is 24.0 Å². The fourth-order valence-corrected chi connectivity index (χ4v) is 5.73. The summed E-state index contributed by atoms with van der Waals surface area (Å²) < 4.78 is 16.0. The van der Waals surface area contributed by atoms with Crippen LogP contribution in [0.3, 0.4) is 0 Å². The number of aromatic amines is 1. The molecule has 0 aliphatic carbocycles.